The third-order valence-electron chi connectivity index (χ3n) is 10.8. The van der Waals surface area contributed by atoms with Gasteiger partial charge < -0.3 is 14.6 Å². The largest absolute Gasteiger partial charge is 0.462 e. The van der Waals surface area contributed by atoms with Crippen molar-refractivity contribution < 1.29 is 19.4 Å². The van der Waals surface area contributed by atoms with E-state index in [1.165, 1.54) is 19.3 Å². The molecule has 0 amide bonds. The Hall–Kier alpha value is -2.21. The quantitative estimate of drug-likeness (QED) is 0.466. The van der Waals surface area contributed by atoms with E-state index < -0.39 is 5.60 Å². The predicted octanol–water partition coefficient (Wildman–Crippen LogP) is 4.91. The molecule has 2 aromatic carbocycles. The lowest BCUT2D eigenvalue weighted by Crippen LogP contribution is -2.53. The van der Waals surface area contributed by atoms with Crippen molar-refractivity contribution in [2.24, 2.45) is 23.2 Å². The van der Waals surface area contributed by atoms with Crippen LogP contribution in [-0.2, 0) is 19.9 Å². The first-order valence-electron chi connectivity index (χ1n) is 14.3. The Bertz CT molecular complexity index is 1110. The first kappa shape index (κ1) is 23.9. The van der Waals surface area contributed by atoms with Crippen molar-refractivity contribution in [3.8, 4) is 0 Å². The minimum absolute atomic E-state index is 0.0239. The molecule has 5 fully saturated rings. The zero-order valence-electron chi connectivity index (χ0n) is 21.9. The average molecular weight is 502 g/mol. The Morgan fingerprint density at radius 1 is 1.03 bits per heavy atom. The number of esters is 1. The first-order chi connectivity index (χ1) is 17.9. The highest BCUT2D eigenvalue weighted by Gasteiger charge is 2.65. The smallest absolute Gasteiger partial charge is 0.310 e. The minimum Gasteiger partial charge on any atom is -0.462 e. The number of ether oxygens (including phenoxy) is 2. The molecule has 4 unspecified atom stereocenters. The number of carbonyl (C=O) groups excluding carboxylic acids is 1. The van der Waals surface area contributed by atoms with Crippen LogP contribution in [0.25, 0.3) is 0 Å². The van der Waals surface area contributed by atoms with Gasteiger partial charge in [-0.1, -0.05) is 67.6 Å². The van der Waals surface area contributed by atoms with Gasteiger partial charge in [-0.05, 0) is 74.0 Å². The van der Waals surface area contributed by atoms with Crippen LogP contribution in [0.1, 0.15) is 63.0 Å². The third-order valence-corrected chi connectivity index (χ3v) is 10.8. The molecular weight excluding hydrogens is 462 g/mol. The van der Waals surface area contributed by atoms with Gasteiger partial charge in [-0.25, -0.2) is 0 Å². The Morgan fingerprint density at radius 3 is 2.35 bits per heavy atom. The molecule has 1 N–H and O–H groups in total. The monoisotopic (exact) mass is 501 g/mol. The van der Waals surface area contributed by atoms with E-state index in [2.05, 4.69) is 11.8 Å². The molecule has 1 spiro atoms. The Labute approximate surface area is 220 Å². The van der Waals surface area contributed by atoms with Crippen LogP contribution in [0.5, 0.6) is 0 Å². The summed E-state index contributed by atoms with van der Waals surface area (Å²) in [5.74, 6) is 0.597. The fourth-order valence-electron chi connectivity index (χ4n) is 8.87. The molecule has 2 saturated carbocycles. The van der Waals surface area contributed by atoms with Gasteiger partial charge >= 0.3 is 5.97 Å². The molecule has 5 nitrogen and oxygen atoms in total. The molecule has 3 saturated heterocycles. The van der Waals surface area contributed by atoms with E-state index in [0.717, 1.165) is 50.0 Å². The van der Waals surface area contributed by atoms with Crippen LogP contribution in [0.3, 0.4) is 0 Å². The number of epoxide rings is 1. The summed E-state index contributed by atoms with van der Waals surface area (Å²) in [6, 6.07) is 20.0. The average Bonchev–Trinajstić information content (AvgIpc) is 3.40. The molecule has 5 heteroatoms. The molecular formula is C32H39NO4. The van der Waals surface area contributed by atoms with Crippen molar-refractivity contribution in [2.45, 2.75) is 75.2 Å². The summed E-state index contributed by atoms with van der Waals surface area (Å²) in [6.45, 7) is 4.85. The molecule has 0 radical (unpaired) electrons. The van der Waals surface area contributed by atoms with Crippen LogP contribution in [0, 0.1) is 23.2 Å². The molecule has 196 valence electrons. The van der Waals surface area contributed by atoms with Gasteiger partial charge in [-0.3, -0.25) is 9.69 Å². The first-order valence-corrected chi connectivity index (χ1v) is 14.3. The summed E-state index contributed by atoms with van der Waals surface area (Å²) < 4.78 is 12.2. The number of nitrogens with zero attached hydrogens (tertiary/aromatic N) is 1. The Morgan fingerprint density at radius 2 is 1.70 bits per heavy atom. The Balaban J connectivity index is 1.18. The van der Waals surface area contributed by atoms with Crippen molar-refractivity contribution in [3.05, 3.63) is 71.8 Å². The second kappa shape index (κ2) is 8.65. The van der Waals surface area contributed by atoms with Crippen molar-refractivity contribution in [2.75, 3.05) is 19.7 Å². The molecule has 2 aromatic rings. The highest BCUT2D eigenvalue weighted by atomic mass is 16.6. The zero-order chi connectivity index (χ0) is 25.3. The SMILES string of the molecule is C[C@]12CCCC3(CO3)C1C[C@@H]1C(CN3CCCC3C(O)(c3ccccc3)c3ccccc3)C(=O)O[C@@H]1C2. The van der Waals surface area contributed by atoms with E-state index in [1.807, 2.05) is 60.7 Å². The lowest BCUT2D eigenvalue weighted by molar-refractivity contribution is -0.147. The molecule has 37 heavy (non-hydrogen) atoms. The fraction of sp³-hybridized carbons (Fsp3) is 0.594. The summed E-state index contributed by atoms with van der Waals surface area (Å²) >= 11 is 0. The standard InChI is InChI=1S/C32H39NO4/c1-30-15-9-16-31(21-36-31)27(30)18-24-25(29(34)37-26(24)19-30)20-33-17-8-14-28(33)32(35,22-10-4-2-5-11-22)23-12-6-3-7-13-23/h2-7,10-13,24-28,35H,8-9,14-21H2,1H3/t24-,25?,26-,27?,28?,30-,31?/m1/s1. The molecule has 3 heterocycles. The van der Waals surface area contributed by atoms with Crippen molar-refractivity contribution in [1.29, 1.82) is 0 Å². The summed E-state index contributed by atoms with van der Waals surface area (Å²) in [5.41, 5.74) is 0.955. The van der Waals surface area contributed by atoms with Gasteiger partial charge in [-0.15, -0.1) is 0 Å². The normalized spacial score (nSPS) is 39.3. The number of hydrogen-bond acceptors (Lipinski definition) is 5. The number of benzene rings is 2. The van der Waals surface area contributed by atoms with E-state index >= 15 is 0 Å². The molecule has 0 aromatic heterocycles. The molecule has 2 aliphatic carbocycles. The van der Waals surface area contributed by atoms with E-state index in [4.69, 9.17) is 9.47 Å². The number of carbonyl (C=O) groups is 1. The third kappa shape index (κ3) is 3.72. The van der Waals surface area contributed by atoms with E-state index in [9.17, 15) is 9.90 Å². The number of fused-ring (bicyclic) bond motifs is 3. The second-order valence-electron chi connectivity index (χ2n) is 12.8. The maximum Gasteiger partial charge on any atom is 0.310 e. The predicted molar refractivity (Wildman–Crippen MR) is 141 cm³/mol. The van der Waals surface area contributed by atoms with Gasteiger partial charge in [0.05, 0.1) is 18.1 Å². The number of rotatable bonds is 5. The van der Waals surface area contributed by atoms with Crippen molar-refractivity contribution in [3.63, 3.8) is 0 Å². The fourth-order valence-corrected chi connectivity index (χ4v) is 8.87. The lowest BCUT2D eigenvalue weighted by Gasteiger charge is -2.51. The number of likely N-dealkylation sites (tertiary alicyclic amines) is 1. The zero-order valence-corrected chi connectivity index (χ0v) is 21.9. The van der Waals surface area contributed by atoms with E-state index in [-0.39, 0.29) is 41.0 Å². The van der Waals surface area contributed by atoms with Gasteiger partial charge in [0.2, 0.25) is 0 Å². The number of aliphatic hydroxyl groups is 1. The van der Waals surface area contributed by atoms with E-state index in [1.54, 1.807) is 0 Å². The number of hydrogen-bond donors (Lipinski definition) is 1. The molecule has 0 bridgehead atoms. The van der Waals surface area contributed by atoms with Crippen molar-refractivity contribution >= 4 is 5.97 Å². The maximum atomic E-state index is 13.4. The highest BCUT2D eigenvalue weighted by Crippen LogP contribution is 2.63. The molecule has 7 atom stereocenters. The highest BCUT2D eigenvalue weighted by molar-refractivity contribution is 5.75. The van der Waals surface area contributed by atoms with Crippen molar-refractivity contribution in [1.82, 2.24) is 4.90 Å². The van der Waals surface area contributed by atoms with Crippen LogP contribution >= 0.6 is 0 Å². The van der Waals surface area contributed by atoms with Crippen LogP contribution in [0.2, 0.25) is 0 Å². The van der Waals surface area contributed by atoms with Crippen LogP contribution < -0.4 is 0 Å². The van der Waals surface area contributed by atoms with Crippen LogP contribution in [0.15, 0.2) is 60.7 Å². The summed E-state index contributed by atoms with van der Waals surface area (Å²) in [7, 11) is 0. The lowest BCUT2D eigenvalue weighted by atomic mass is 9.53. The van der Waals surface area contributed by atoms with Gasteiger partial charge in [0.15, 0.2) is 0 Å². The van der Waals surface area contributed by atoms with Gasteiger partial charge in [-0.2, -0.15) is 0 Å². The maximum absolute atomic E-state index is 13.4. The van der Waals surface area contributed by atoms with Crippen LogP contribution in [-0.4, -0.2) is 53.4 Å². The topological polar surface area (TPSA) is 62.3 Å². The van der Waals surface area contributed by atoms with E-state index in [0.29, 0.717) is 12.5 Å². The second-order valence-corrected chi connectivity index (χ2v) is 12.8. The molecule has 7 rings (SSSR count). The molecule has 3 aliphatic heterocycles. The molecule has 5 aliphatic rings. The summed E-state index contributed by atoms with van der Waals surface area (Å²) in [5, 5.41) is 12.5. The van der Waals surface area contributed by atoms with Gasteiger partial charge in [0, 0.05) is 18.5 Å². The van der Waals surface area contributed by atoms with Gasteiger partial charge in [0.1, 0.15) is 11.7 Å². The van der Waals surface area contributed by atoms with Gasteiger partial charge in [0.25, 0.3) is 0 Å². The summed E-state index contributed by atoms with van der Waals surface area (Å²) in [4.78, 5) is 15.8. The Kier molecular flexibility index (Phi) is 5.58. The van der Waals surface area contributed by atoms with Crippen LogP contribution in [0.4, 0.5) is 0 Å². The summed E-state index contributed by atoms with van der Waals surface area (Å²) in [6.07, 6.45) is 7.52. The minimum atomic E-state index is -1.14.